The van der Waals surface area contributed by atoms with Crippen LogP contribution in [0.15, 0.2) is 11.1 Å². The molecule has 1 N–H and O–H groups in total. The molecular formula is C9H15BrF3N. The zero-order valence-electron chi connectivity index (χ0n) is 8.12. The van der Waals surface area contributed by atoms with Crippen LogP contribution in [0, 0.1) is 0 Å². The highest BCUT2D eigenvalue weighted by atomic mass is 79.9. The molecule has 14 heavy (non-hydrogen) atoms. The summed E-state index contributed by atoms with van der Waals surface area (Å²) in [5, 5.41) is 3.05. The summed E-state index contributed by atoms with van der Waals surface area (Å²) >= 11 is 3.17. The van der Waals surface area contributed by atoms with Crippen molar-refractivity contribution in [2.24, 2.45) is 0 Å². The SMILES string of the molecule is C=C(Br)CNC(C)CCCC(F)(F)F. The van der Waals surface area contributed by atoms with Crippen LogP contribution in [0.2, 0.25) is 0 Å². The largest absolute Gasteiger partial charge is 0.389 e. The van der Waals surface area contributed by atoms with Crippen molar-refractivity contribution in [3.05, 3.63) is 11.1 Å². The van der Waals surface area contributed by atoms with Gasteiger partial charge in [0.15, 0.2) is 0 Å². The minimum atomic E-state index is -4.03. The summed E-state index contributed by atoms with van der Waals surface area (Å²) < 4.78 is 36.1. The van der Waals surface area contributed by atoms with Crippen molar-refractivity contribution in [2.45, 2.75) is 38.4 Å². The highest BCUT2D eigenvalue weighted by Gasteiger charge is 2.26. The first-order chi connectivity index (χ1) is 6.31. The van der Waals surface area contributed by atoms with Crippen LogP contribution in [0.25, 0.3) is 0 Å². The van der Waals surface area contributed by atoms with Crippen molar-refractivity contribution in [3.8, 4) is 0 Å². The van der Waals surface area contributed by atoms with Crippen molar-refractivity contribution >= 4 is 15.9 Å². The minimum absolute atomic E-state index is 0.0895. The zero-order chi connectivity index (χ0) is 11.2. The normalized spacial score (nSPS) is 14.1. The summed E-state index contributed by atoms with van der Waals surface area (Å²) in [6.45, 7) is 6.08. The second kappa shape index (κ2) is 6.45. The Morgan fingerprint density at radius 1 is 1.50 bits per heavy atom. The standard InChI is InChI=1S/C9H15BrF3N/c1-7(10)6-14-8(2)4-3-5-9(11,12)13/h8,14H,1,3-6H2,2H3. The maximum Gasteiger partial charge on any atom is 0.389 e. The number of hydrogen-bond donors (Lipinski definition) is 1. The highest BCUT2D eigenvalue weighted by molar-refractivity contribution is 9.11. The van der Waals surface area contributed by atoms with Crippen LogP contribution in [0.3, 0.4) is 0 Å². The predicted octanol–water partition coefficient (Wildman–Crippen LogP) is 3.61. The third-order valence-corrected chi connectivity index (χ3v) is 2.02. The van der Waals surface area contributed by atoms with Crippen LogP contribution >= 0.6 is 15.9 Å². The third-order valence-electron chi connectivity index (χ3n) is 1.74. The summed E-state index contributed by atoms with van der Waals surface area (Å²) in [7, 11) is 0. The van der Waals surface area contributed by atoms with E-state index in [9.17, 15) is 13.2 Å². The molecule has 0 radical (unpaired) electrons. The van der Waals surface area contributed by atoms with Gasteiger partial charge < -0.3 is 5.32 Å². The van der Waals surface area contributed by atoms with E-state index in [2.05, 4.69) is 27.8 Å². The fraction of sp³-hybridized carbons (Fsp3) is 0.778. The lowest BCUT2D eigenvalue weighted by Gasteiger charge is -2.13. The van der Waals surface area contributed by atoms with Crippen molar-refractivity contribution in [2.75, 3.05) is 6.54 Å². The van der Waals surface area contributed by atoms with E-state index in [0.717, 1.165) is 4.48 Å². The van der Waals surface area contributed by atoms with E-state index in [1.54, 1.807) is 0 Å². The molecule has 0 rings (SSSR count). The van der Waals surface area contributed by atoms with Crippen LogP contribution in [0.1, 0.15) is 26.2 Å². The Balaban J connectivity index is 3.45. The summed E-state index contributed by atoms with van der Waals surface area (Å²) in [5.41, 5.74) is 0. The molecule has 0 aliphatic carbocycles. The predicted molar refractivity (Wildman–Crippen MR) is 55.4 cm³/mol. The first kappa shape index (κ1) is 14.0. The van der Waals surface area contributed by atoms with E-state index in [1.807, 2.05) is 6.92 Å². The van der Waals surface area contributed by atoms with Crippen LogP contribution in [-0.2, 0) is 0 Å². The van der Waals surface area contributed by atoms with Gasteiger partial charge in [0.1, 0.15) is 0 Å². The molecular weight excluding hydrogens is 259 g/mol. The van der Waals surface area contributed by atoms with Crippen LogP contribution < -0.4 is 5.32 Å². The molecule has 1 unspecified atom stereocenters. The molecule has 0 saturated heterocycles. The van der Waals surface area contributed by atoms with Gasteiger partial charge in [-0.1, -0.05) is 22.5 Å². The van der Waals surface area contributed by atoms with Crippen LogP contribution in [0.4, 0.5) is 13.2 Å². The Hall–Kier alpha value is -0.0300. The van der Waals surface area contributed by atoms with E-state index in [0.29, 0.717) is 13.0 Å². The van der Waals surface area contributed by atoms with E-state index >= 15 is 0 Å². The average Bonchev–Trinajstić information content (AvgIpc) is 1.98. The van der Waals surface area contributed by atoms with Crippen molar-refractivity contribution < 1.29 is 13.2 Å². The molecule has 1 nitrogen and oxygen atoms in total. The fourth-order valence-electron chi connectivity index (χ4n) is 0.996. The number of halogens is 4. The van der Waals surface area contributed by atoms with Gasteiger partial charge >= 0.3 is 6.18 Å². The smallest absolute Gasteiger partial charge is 0.310 e. The monoisotopic (exact) mass is 273 g/mol. The van der Waals surface area contributed by atoms with Gasteiger partial charge in [-0.2, -0.15) is 13.2 Å². The number of alkyl halides is 3. The molecule has 84 valence electrons. The molecule has 0 fully saturated rings. The first-order valence-electron chi connectivity index (χ1n) is 4.44. The van der Waals surface area contributed by atoms with E-state index < -0.39 is 12.6 Å². The van der Waals surface area contributed by atoms with Gasteiger partial charge in [-0.25, -0.2) is 0 Å². The quantitative estimate of drug-likeness (QED) is 0.780. The molecule has 5 heteroatoms. The molecule has 0 amide bonds. The van der Waals surface area contributed by atoms with E-state index in [-0.39, 0.29) is 12.5 Å². The lowest BCUT2D eigenvalue weighted by atomic mass is 10.1. The second-order valence-corrected chi connectivity index (χ2v) is 4.43. The Morgan fingerprint density at radius 3 is 2.50 bits per heavy atom. The minimum Gasteiger partial charge on any atom is -0.310 e. The topological polar surface area (TPSA) is 12.0 Å². The van der Waals surface area contributed by atoms with Gasteiger partial charge in [-0.05, 0) is 19.8 Å². The Bertz CT molecular complexity index is 179. The van der Waals surface area contributed by atoms with Gasteiger partial charge in [-0.15, -0.1) is 0 Å². The highest BCUT2D eigenvalue weighted by Crippen LogP contribution is 2.22. The fourth-order valence-corrected chi connectivity index (χ4v) is 1.16. The second-order valence-electron chi connectivity index (χ2n) is 3.31. The molecule has 0 heterocycles. The lowest BCUT2D eigenvalue weighted by molar-refractivity contribution is -0.135. The van der Waals surface area contributed by atoms with Crippen molar-refractivity contribution in [1.82, 2.24) is 5.32 Å². The Labute approximate surface area is 90.9 Å². The van der Waals surface area contributed by atoms with Crippen LogP contribution in [-0.4, -0.2) is 18.8 Å². The zero-order valence-corrected chi connectivity index (χ0v) is 9.71. The summed E-state index contributed by atoms with van der Waals surface area (Å²) in [4.78, 5) is 0. The maximum atomic E-state index is 11.8. The summed E-state index contributed by atoms with van der Waals surface area (Å²) in [6.07, 6.45) is -4.03. The Morgan fingerprint density at radius 2 is 2.07 bits per heavy atom. The van der Waals surface area contributed by atoms with E-state index in [4.69, 9.17) is 0 Å². The van der Waals surface area contributed by atoms with Gasteiger partial charge in [0.25, 0.3) is 0 Å². The molecule has 0 bridgehead atoms. The van der Waals surface area contributed by atoms with Gasteiger partial charge in [0, 0.05) is 23.5 Å². The van der Waals surface area contributed by atoms with Gasteiger partial charge in [0.2, 0.25) is 0 Å². The summed E-state index contributed by atoms with van der Waals surface area (Å²) in [5.74, 6) is 0. The molecule has 0 aliphatic rings. The van der Waals surface area contributed by atoms with Crippen molar-refractivity contribution in [3.63, 3.8) is 0 Å². The third kappa shape index (κ3) is 10.1. The van der Waals surface area contributed by atoms with Gasteiger partial charge in [0.05, 0.1) is 0 Å². The Kier molecular flexibility index (Phi) is 6.44. The summed E-state index contributed by atoms with van der Waals surface area (Å²) in [6, 6.07) is 0.0895. The molecule has 0 saturated carbocycles. The molecule has 0 aromatic carbocycles. The molecule has 0 aliphatic heterocycles. The average molecular weight is 274 g/mol. The van der Waals surface area contributed by atoms with Crippen LogP contribution in [0.5, 0.6) is 0 Å². The molecule has 0 spiro atoms. The lowest BCUT2D eigenvalue weighted by Crippen LogP contribution is -2.27. The number of nitrogens with one attached hydrogen (secondary N) is 1. The van der Waals surface area contributed by atoms with E-state index in [1.165, 1.54) is 0 Å². The molecule has 0 aromatic rings. The number of hydrogen-bond acceptors (Lipinski definition) is 1. The molecule has 1 atom stereocenters. The number of rotatable bonds is 6. The molecule has 0 aromatic heterocycles. The maximum absolute atomic E-state index is 11.8. The van der Waals surface area contributed by atoms with Gasteiger partial charge in [-0.3, -0.25) is 0 Å². The van der Waals surface area contributed by atoms with Crippen molar-refractivity contribution in [1.29, 1.82) is 0 Å². The first-order valence-corrected chi connectivity index (χ1v) is 5.24.